The van der Waals surface area contributed by atoms with E-state index >= 15 is 0 Å². The highest BCUT2D eigenvalue weighted by atomic mass is 16.5. The molecule has 0 aromatic heterocycles. The van der Waals surface area contributed by atoms with Crippen LogP contribution in [0.2, 0.25) is 0 Å². The first kappa shape index (κ1) is 12.5. The van der Waals surface area contributed by atoms with Crippen LogP contribution < -0.4 is 5.73 Å². The number of hydrogen-bond acceptors (Lipinski definition) is 2. The van der Waals surface area contributed by atoms with Gasteiger partial charge >= 0.3 is 0 Å². The monoisotopic (exact) mass is 221 g/mol. The topological polar surface area (TPSA) is 50.9 Å². The predicted molar refractivity (Wildman–Crippen MR) is 66.2 cm³/mol. The summed E-state index contributed by atoms with van der Waals surface area (Å²) >= 11 is 0. The van der Waals surface area contributed by atoms with E-state index in [0.717, 1.165) is 11.1 Å². The van der Waals surface area contributed by atoms with Crippen LogP contribution in [0.1, 0.15) is 11.1 Å². The molecule has 88 valence electrons. The Bertz CT molecular complexity index is 361. The molecular formula is C12H19N3O. The number of hydrogen-bond donors (Lipinski definition) is 1. The first-order valence-corrected chi connectivity index (χ1v) is 5.18. The largest absolute Gasteiger partial charge is 0.380 e. The van der Waals surface area contributed by atoms with Crippen molar-refractivity contribution in [2.75, 3.05) is 21.2 Å². The molecule has 0 heterocycles. The lowest BCUT2D eigenvalue weighted by atomic mass is 10.1. The summed E-state index contributed by atoms with van der Waals surface area (Å²) in [5.41, 5.74) is 8.03. The SMILES string of the molecule is COCc1ccccc1CN=C(N)N(C)C. The molecule has 0 bridgehead atoms. The molecule has 0 radical (unpaired) electrons. The number of nitrogens with zero attached hydrogens (tertiary/aromatic N) is 2. The molecule has 1 aromatic rings. The Morgan fingerprint density at radius 1 is 1.31 bits per heavy atom. The van der Waals surface area contributed by atoms with E-state index in [1.54, 1.807) is 12.0 Å². The van der Waals surface area contributed by atoms with Gasteiger partial charge in [-0.25, -0.2) is 4.99 Å². The molecular weight excluding hydrogens is 202 g/mol. The second-order valence-corrected chi connectivity index (χ2v) is 3.77. The zero-order valence-corrected chi connectivity index (χ0v) is 10.1. The van der Waals surface area contributed by atoms with Gasteiger partial charge in [-0.2, -0.15) is 0 Å². The van der Waals surface area contributed by atoms with E-state index in [-0.39, 0.29) is 0 Å². The fourth-order valence-electron chi connectivity index (χ4n) is 1.32. The third-order valence-electron chi connectivity index (χ3n) is 2.29. The van der Waals surface area contributed by atoms with Gasteiger partial charge < -0.3 is 15.4 Å². The number of rotatable bonds is 4. The number of aliphatic imine (C=N–C) groups is 1. The maximum atomic E-state index is 5.73. The Morgan fingerprint density at radius 2 is 1.94 bits per heavy atom. The van der Waals surface area contributed by atoms with Crippen LogP contribution >= 0.6 is 0 Å². The van der Waals surface area contributed by atoms with Crippen molar-refractivity contribution < 1.29 is 4.74 Å². The molecule has 1 rings (SSSR count). The molecule has 0 fully saturated rings. The maximum absolute atomic E-state index is 5.73. The van der Waals surface area contributed by atoms with Gasteiger partial charge in [-0.3, -0.25) is 0 Å². The van der Waals surface area contributed by atoms with Gasteiger partial charge in [0.1, 0.15) is 0 Å². The summed E-state index contributed by atoms with van der Waals surface area (Å²) in [6, 6.07) is 8.08. The van der Waals surface area contributed by atoms with Crippen molar-refractivity contribution in [3.05, 3.63) is 35.4 Å². The number of benzene rings is 1. The van der Waals surface area contributed by atoms with E-state index in [1.165, 1.54) is 0 Å². The molecule has 0 atom stereocenters. The van der Waals surface area contributed by atoms with Gasteiger partial charge in [-0.1, -0.05) is 24.3 Å². The molecule has 1 aromatic carbocycles. The summed E-state index contributed by atoms with van der Waals surface area (Å²) in [5.74, 6) is 0.534. The minimum atomic E-state index is 0.534. The van der Waals surface area contributed by atoms with E-state index in [0.29, 0.717) is 19.1 Å². The maximum Gasteiger partial charge on any atom is 0.191 e. The normalized spacial score (nSPS) is 11.6. The third kappa shape index (κ3) is 3.55. The average molecular weight is 221 g/mol. The zero-order valence-electron chi connectivity index (χ0n) is 10.1. The molecule has 4 heteroatoms. The highest BCUT2D eigenvalue weighted by molar-refractivity contribution is 5.77. The summed E-state index contributed by atoms with van der Waals surface area (Å²) in [5, 5.41) is 0. The number of methoxy groups -OCH3 is 1. The van der Waals surface area contributed by atoms with E-state index in [4.69, 9.17) is 10.5 Å². The quantitative estimate of drug-likeness (QED) is 0.614. The Balaban J connectivity index is 2.76. The van der Waals surface area contributed by atoms with Gasteiger partial charge in [-0.15, -0.1) is 0 Å². The zero-order chi connectivity index (χ0) is 12.0. The average Bonchev–Trinajstić information content (AvgIpc) is 2.27. The van der Waals surface area contributed by atoms with Crippen molar-refractivity contribution >= 4 is 5.96 Å². The van der Waals surface area contributed by atoms with Crippen molar-refractivity contribution in [1.29, 1.82) is 0 Å². The Hall–Kier alpha value is -1.55. The van der Waals surface area contributed by atoms with Gasteiger partial charge in [0.25, 0.3) is 0 Å². The van der Waals surface area contributed by atoms with Crippen LogP contribution in [-0.2, 0) is 17.9 Å². The number of ether oxygens (including phenoxy) is 1. The fourth-order valence-corrected chi connectivity index (χ4v) is 1.32. The van der Waals surface area contributed by atoms with Crippen molar-refractivity contribution in [1.82, 2.24) is 4.90 Å². The molecule has 0 saturated heterocycles. The molecule has 0 unspecified atom stereocenters. The standard InChI is InChI=1S/C12H19N3O/c1-15(2)12(13)14-8-10-6-4-5-7-11(10)9-16-3/h4-7H,8-9H2,1-3H3,(H2,13,14). The van der Waals surface area contributed by atoms with E-state index in [9.17, 15) is 0 Å². The Kier molecular flexibility index (Phi) is 4.79. The van der Waals surface area contributed by atoms with Crippen LogP contribution in [0.15, 0.2) is 29.3 Å². The van der Waals surface area contributed by atoms with Crippen molar-refractivity contribution in [3.8, 4) is 0 Å². The minimum absolute atomic E-state index is 0.534. The lowest BCUT2D eigenvalue weighted by molar-refractivity contribution is 0.184. The third-order valence-corrected chi connectivity index (χ3v) is 2.29. The molecule has 2 N–H and O–H groups in total. The van der Waals surface area contributed by atoms with Crippen LogP contribution in [0.4, 0.5) is 0 Å². The van der Waals surface area contributed by atoms with E-state index < -0.39 is 0 Å². The highest BCUT2D eigenvalue weighted by Gasteiger charge is 2.01. The van der Waals surface area contributed by atoms with E-state index in [2.05, 4.69) is 4.99 Å². The fraction of sp³-hybridized carbons (Fsp3) is 0.417. The van der Waals surface area contributed by atoms with Crippen molar-refractivity contribution in [2.24, 2.45) is 10.7 Å². The second kappa shape index (κ2) is 6.12. The van der Waals surface area contributed by atoms with Crippen molar-refractivity contribution in [2.45, 2.75) is 13.2 Å². The molecule has 0 aliphatic carbocycles. The highest BCUT2D eigenvalue weighted by Crippen LogP contribution is 2.11. The molecule has 4 nitrogen and oxygen atoms in total. The molecule has 0 saturated carbocycles. The lowest BCUT2D eigenvalue weighted by Gasteiger charge is -2.11. The van der Waals surface area contributed by atoms with E-state index in [1.807, 2.05) is 38.4 Å². The van der Waals surface area contributed by atoms with Crippen LogP contribution in [0, 0.1) is 0 Å². The van der Waals surface area contributed by atoms with Crippen molar-refractivity contribution in [3.63, 3.8) is 0 Å². The summed E-state index contributed by atoms with van der Waals surface area (Å²) < 4.78 is 5.13. The second-order valence-electron chi connectivity index (χ2n) is 3.77. The van der Waals surface area contributed by atoms with Gasteiger partial charge in [0, 0.05) is 21.2 Å². The molecule has 0 amide bonds. The van der Waals surface area contributed by atoms with Crippen LogP contribution in [0.5, 0.6) is 0 Å². The molecule has 16 heavy (non-hydrogen) atoms. The summed E-state index contributed by atoms with van der Waals surface area (Å²) in [6.45, 7) is 1.19. The Morgan fingerprint density at radius 3 is 2.50 bits per heavy atom. The lowest BCUT2D eigenvalue weighted by Crippen LogP contribution is -2.30. The van der Waals surface area contributed by atoms with Gasteiger partial charge in [0.05, 0.1) is 13.2 Å². The first-order chi connectivity index (χ1) is 7.65. The first-order valence-electron chi connectivity index (χ1n) is 5.18. The Labute approximate surface area is 96.7 Å². The predicted octanol–water partition coefficient (Wildman–Crippen LogP) is 1.21. The smallest absolute Gasteiger partial charge is 0.191 e. The molecule has 0 aliphatic heterocycles. The van der Waals surface area contributed by atoms with Crippen LogP contribution in [0.3, 0.4) is 0 Å². The summed E-state index contributed by atoms with van der Waals surface area (Å²) in [6.07, 6.45) is 0. The van der Waals surface area contributed by atoms with Gasteiger partial charge in [0.2, 0.25) is 0 Å². The number of guanidine groups is 1. The van der Waals surface area contributed by atoms with Crippen LogP contribution in [-0.4, -0.2) is 32.1 Å². The summed E-state index contributed by atoms with van der Waals surface area (Å²) in [4.78, 5) is 6.09. The molecule has 0 aliphatic rings. The van der Waals surface area contributed by atoms with Crippen LogP contribution in [0.25, 0.3) is 0 Å². The summed E-state index contributed by atoms with van der Waals surface area (Å²) in [7, 11) is 5.44. The molecule has 0 spiro atoms. The number of nitrogens with two attached hydrogens (primary N) is 1. The van der Waals surface area contributed by atoms with Gasteiger partial charge in [-0.05, 0) is 11.1 Å². The minimum Gasteiger partial charge on any atom is -0.380 e. The van der Waals surface area contributed by atoms with Gasteiger partial charge in [0.15, 0.2) is 5.96 Å².